The minimum absolute atomic E-state index is 0.0489. The number of aliphatic hydroxyl groups excluding tert-OH is 2. The fourth-order valence-corrected chi connectivity index (χ4v) is 2.03. The molecule has 1 aromatic carbocycles. The van der Waals surface area contributed by atoms with Crippen molar-refractivity contribution in [3.8, 4) is 11.5 Å². The summed E-state index contributed by atoms with van der Waals surface area (Å²) in [5.41, 5.74) is -0.114. The minimum atomic E-state index is -1.38. The van der Waals surface area contributed by atoms with Crippen molar-refractivity contribution in [2.75, 3.05) is 20.1 Å². The zero-order valence-corrected chi connectivity index (χ0v) is 11.9. The Balaban J connectivity index is 3.31. The number of carbonyl (C=O) groups is 1. The number of halogens is 1. The third-order valence-corrected chi connectivity index (χ3v) is 3.09. The van der Waals surface area contributed by atoms with Crippen LogP contribution in [0, 0.1) is 0 Å². The van der Waals surface area contributed by atoms with E-state index < -0.39 is 18.2 Å². The largest absolute Gasteiger partial charge is 0.493 e. The molecule has 0 aliphatic rings. The number of aliphatic hydroxyl groups is 2. The predicted octanol–water partition coefficient (Wildman–Crippen LogP) is 1.43. The van der Waals surface area contributed by atoms with Crippen molar-refractivity contribution < 1.29 is 29.6 Å². The third kappa shape index (κ3) is 3.53. The van der Waals surface area contributed by atoms with Gasteiger partial charge in [-0.2, -0.15) is 0 Å². The molecule has 1 aromatic rings. The fourth-order valence-electron chi connectivity index (χ4n) is 1.80. The highest BCUT2D eigenvalue weighted by molar-refractivity contribution is 6.17. The first-order valence-corrected chi connectivity index (χ1v) is 6.41. The van der Waals surface area contributed by atoms with Gasteiger partial charge in [0.2, 0.25) is 0 Å². The summed E-state index contributed by atoms with van der Waals surface area (Å²) in [4.78, 5) is 11.3. The lowest BCUT2D eigenvalue weighted by molar-refractivity contribution is 0.0159. The summed E-state index contributed by atoms with van der Waals surface area (Å²) in [5.74, 6) is -0.594. The second-order valence-corrected chi connectivity index (χ2v) is 4.47. The first kappa shape index (κ1) is 16.6. The number of hydrogen-bond donors (Lipinski definition) is 3. The molecule has 3 N–H and O–H groups in total. The van der Waals surface area contributed by atoms with E-state index in [0.717, 1.165) is 0 Å². The van der Waals surface area contributed by atoms with E-state index in [1.54, 1.807) is 0 Å². The maximum atomic E-state index is 11.3. The fraction of sp³-hybridized carbons (Fsp3) is 0.462. The summed E-state index contributed by atoms with van der Waals surface area (Å²) in [6.45, 7) is 0. The smallest absolute Gasteiger partial charge is 0.336 e. The Labute approximate surface area is 121 Å². The van der Waals surface area contributed by atoms with Crippen LogP contribution in [0.4, 0.5) is 0 Å². The molecule has 2 atom stereocenters. The number of ether oxygens (including phenoxy) is 2. The van der Waals surface area contributed by atoms with Crippen LogP contribution >= 0.6 is 11.6 Å². The van der Waals surface area contributed by atoms with Crippen LogP contribution < -0.4 is 9.47 Å². The highest BCUT2D eigenvalue weighted by Crippen LogP contribution is 2.34. The Morgan fingerprint density at radius 2 is 1.80 bits per heavy atom. The summed E-state index contributed by atoms with van der Waals surface area (Å²) in [5, 5.41) is 29.0. The summed E-state index contributed by atoms with van der Waals surface area (Å²) in [7, 11) is 2.77. The molecule has 0 aliphatic carbocycles. The van der Waals surface area contributed by atoms with Crippen molar-refractivity contribution in [1.29, 1.82) is 0 Å². The molecule has 0 fully saturated rings. The number of carboxylic acids is 1. The molecule has 0 saturated carbocycles. The summed E-state index contributed by atoms with van der Waals surface area (Å²) in [6, 6.07) is 2.58. The molecule has 7 heteroatoms. The van der Waals surface area contributed by atoms with Crippen molar-refractivity contribution in [2.24, 2.45) is 0 Å². The van der Waals surface area contributed by atoms with Gasteiger partial charge in [0.25, 0.3) is 0 Å². The second-order valence-electron chi connectivity index (χ2n) is 4.09. The van der Waals surface area contributed by atoms with Gasteiger partial charge in [0.1, 0.15) is 6.10 Å². The first-order valence-electron chi connectivity index (χ1n) is 5.87. The van der Waals surface area contributed by atoms with Gasteiger partial charge in [-0.1, -0.05) is 0 Å². The molecule has 112 valence electrons. The maximum Gasteiger partial charge on any atom is 0.336 e. The molecule has 2 unspecified atom stereocenters. The van der Waals surface area contributed by atoms with Gasteiger partial charge in [0.05, 0.1) is 25.9 Å². The Morgan fingerprint density at radius 3 is 2.25 bits per heavy atom. The van der Waals surface area contributed by atoms with Gasteiger partial charge in [0, 0.05) is 11.4 Å². The quantitative estimate of drug-likeness (QED) is 0.659. The van der Waals surface area contributed by atoms with Crippen molar-refractivity contribution in [3.63, 3.8) is 0 Å². The molecule has 20 heavy (non-hydrogen) atoms. The first-order chi connectivity index (χ1) is 9.46. The molecule has 0 heterocycles. The Kier molecular flexibility index (Phi) is 6.06. The van der Waals surface area contributed by atoms with Gasteiger partial charge < -0.3 is 24.8 Å². The average molecular weight is 305 g/mol. The Hall–Kier alpha value is -1.50. The zero-order chi connectivity index (χ0) is 15.3. The molecular weight excluding hydrogens is 288 g/mol. The zero-order valence-electron chi connectivity index (χ0n) is 11.2. The third-order valence-electron chi connectivity index (χ3n) is 2.87. The molecular formula is C13H17ClO6. The van der Waals surface area contributed by atoms with E-state index in [-0.39, 0.29) is 34.9 Å². The highest BCUT2D eigenvalue weighted by Gasteiger charge is 2.25. The number of rotatable bonds is 7. The van der Waals surface area contributed by atoms with Crippen molar-refractivity contribution in [1.82, 2.24) is 0 Å². The van der Waals surface area contributed by atoms with Gasteiger partial charge in [-0.05, 0) is 18.6 Å². The monoisotopic (exact) mass is 304 g/mol. The van der Waals surface area contributed by atoms with Gasteiger partial charge >= 0.3 is 5.97 Å². The molecule has 0 radical (unpaired) electrons. The van der Waals surface area contributed by atoms with Gasteiger partial charge in [-0.3, -0.25) is 0 Å². The van der Waals surface area contributed by atoms with Crippen LogP contribution in [0.2, 0.25) is 0 Å². The molecule has 0 saturated heterocycles. The van der Waals surface area contributed by atoms with Crippen LogP contribution in [0.25, 0.3) is 0 Å². The normalized spacial score (nSPS) is 13.7. The average Bonchev–Trinajstić information content (AvgIpc) is 2.44. The van der Waals surface area contributed by atoms with E-state index >= 15 is 0 Å². The number of aromatic carboxylic acids is 1. The molecule has 0 bridgehead atoms. The van der Waals surface area contributed by atoms with E-state index in [2.05, 4.69) is 0 Å². The maximum absolute atomic E-state index is 11.3. The molecule has 1 rings (SSSR count). The van der Waals surface area contributed by atoms with Crippen LogP contribution in [0.1, 0.15) is 28.4 Å². The number of carboxylic acid groups (broad SMARTS) is 1. The van der Waals surface area contributed by atoms with E-state index in [9.17, 15) is 20.1 Å². The van der Waals surface area contributed by atoms with Crippen molar-refractivity contribution in [3.05, 3.63) is 23.3 Å². The summed E-state index contributed by atoms with van der Waals surface area (Å²) < 4.78 is 10.1. The van der Waals surface area contributed by atoms with Crippen LogP contribution in [-0.2, 0) is 0 Å². The summed E-state index contributed by atoms with van der Waals surface area (Å²) >= 11 is 5.50. The molecule has 0 amide bonds. The van der Waals surface area contributed by atoms with Gasteiger partial charge in [0.15, 0.2) is 11.5 Å². The van der Waals surface area contributed by atoms with Crippen molar-refractivity contribution in [2.45, 2.75) is 18.6 Å². The topological polar surface area (TPSA) is 96.2 Å². The molecule has 6 nitrogen and oxygen atoms in total. The van der Waals surface area contributed by atoms with E-state index in [1.807, 2.05) is 0 Å². The number of alkyl halides is 1. The standard InChI is InChI=1S/C13H17ClO6/c1-19-10-5-7(12(16)9(15)3-4-14)8(13(17)18)6-11(10)20-2/h5-6,9,12,15-16H,3-4H2,1-2H3,(H,17,18). The SMILES string of the molecule is COc1cc(C(=O)O)c(C(O)C(O)CCCl)cc1OC. The number of benzene rings is 1. The lowest BCUT2D eigenvalue weighted by Gasteiger charge is -2.20. The van der Waals surface area contributed by atoms with Crippen molar-refractivity contribution >= 4 is 17.6 Å². The molecule has 0 aromatic heterocycles. The highest BCUT2D eigenvalue weighted by atomic mass is 35.5. The molecule has 0 aliphatic heterocycles. The molecule has 0 spiro atoms. The lowest BCUT2D eigenvalue weighted by atomic mass is 9.96. The Morgan fingerprint density at radius 1 is 1.25 bits per heavy atom. The van der Waals surface area contributed by atoms with Gasteiger partial charge in [-0.15, -0.1) is 11.6 Å². The van der Waals surface area contributed by atoms with E-state index in [1.165, 1.54) is 26.4 Å². The Bertz CT molecular complexity index is 476. The number of methoxy groups -OCH3 is 2. The number of hydrogen-bond acceptors (Lipinski definition) is 5. The lowest BCUT2D eigenvalue weighted by Crippen LogP contribution is -2.21. The van der Waals surface area contributed by atoms with E-state index in [0.29, 0.717) is 0 Å². The summed E-state index contributed by atoms with van der Waals surface area (Å²) in [6.07, 6.45) is -2.40. The second kappa shape index (κ2) is 7.33. The van der Waals surface area contributed by atoms with Crippen LogP contribution in [-0.4, -0.2) is 47.5 Å². The van der Waals surface area contributed by atoms with Crippen LogP contribution in [0.3, 0.4) is 0 Å². The van der Waals surface area contributed by atoms with Crippen LogP contribution in [0.15, 0.2) is 12.1 Å². The van der Waals surface area contributed by atoms with Crippen LogP contribution in [0.5, 0.6) is 11.5 Å². The van der Waals surface area contributed by atoms with Gasteiger partial charge in [-0.25, -0.2) is 4.79 Å². The van der Waals surface area contributed by atoms with E-state index in [4.69, 9.17) is 21.1 Å². The minimum Gasteiger partial charge on any atom is -0.493 e. The predicted molar refractivity (Wildman–Crippen MR) is 72.8 cm³/mol.